The van der Waals surface area contributed by atoms with Crippen molar-refractivity contribution < 1.29 is 4.74 Å². The molecule has 0 spiro atoms. The fourth-order valence-corrected chi connectivity index (χ4v) is 5.90. The lowest BCUT2D eigenvalue weighted by Crippen LogP contribution is -2.50. The Morgan fingerprint density at radius 1 is 1.18 bits per heavy atom. The van der Waals surface area contributed by atoms with E-state index in [1.165, 1.54) is 43.2 Å². The van der Waals surface area contributed by atoms with Crippen molar-refractivity contribution in [2.75, 3.05) is 7.11 Å². The Kier molecular flexibility index (Phi) is 3.05. The van der Waals surface area contributed by atoms with E-state index in [0.29, 0.717) is 11.3 Å². The number of hydrogen-bond acceptors (Lipinski definition) is 2. The minimum atomic E-state index is -0.242. The van der Waals surface area contributed by atoms with Gasteiger partial charge < -0.3 is 4.74 Å². The van der Waals surface area contributed by atoms with Crippen molar-refractivity contribution in [2.45, 2.75) is 57.3 Å². The average molecular weight is 295 g/mol. The molecule has 2 heteroatoms. The van der Waals surface area contributed by atoms with Crippen molar-refractivity contribution in [1.82, 2.24) is 0 Å². The second kappa shape index (κ2) is 4.75. The lowest BCUT2D eigenvalue weighted by atomic mass is 9.49. The predicted molar refractivity (Wildman–Crippen MR) is 86.8 cm³/mol. The van der Waals surface area contributed by atoms with E-state index in [0.717, 1.165) is 24.5 Å². The smallest absolute Gasteiger partial charge is 0.119 e. The van der Waals surface area contributed by atoms with E-state index in [9.17, 15) is 5.26 Å². The van der Waals surface area contributed by atoms with Gasteiger partial charge in [-0.2, -0.15) is 5.26 Å². The molecule has 22 heavy (non-hydrogen) atoms. The third-order valence-electron chi connectivity index (χ3n) is 7.08. The molecule has 1 aromatic rings. The maximum atomic E-state index is 10.2. The molecule has 4 atom stereocenters. The highest BCUT2D eigenvalue weighted by Gasteiger charge is 2.57. The molecule has 2 saturated carbocycles. The zero-order chi connectivity index (χ0) is 15.4. The first-order valence-electron chi connectivity index (χ1n) is 8.72. The SMILES string of the molecule is COc1ccc2c(c1)CC[C@H]1[C@@H]3CCC[C@@]3(C)CC[C@]21C#N. The minimum absolute atomic E-state index is 0.242. The second-order valence-electron chi connectivity index (χ2n) is 7.90. The first kappa shape index (κ1) is 14.1. The van der Waals surface area contributed by atoms with Crippen LogP contribution < -0.4 is 4.74 Å². The summed E-state index contributed by atoms with van der Waals surface area (Å²) in [6.45, 7) is 2.48. The van der Waals surface area contributed by atoms with Crippen LogP contribution in [0, 0.1) is 28.6 Å². The molecule has 0 N–H and O–H groups in total. The molecule has 3 aliphatic carbocycles. The quantitative estimate of drug-likeness (QED) is 0.757. The number of benzene rings is 1. The molecule has 0 radical (unpaired) electrons. The van der Waals surface area contributed by atoms with Gasteiger partial charge in [0.25, 0.3) is 0 Å². The Hall–Kier alpha value is -1.49. The van der Waals surface area contributed by atoms with E-state index < -0.39 is 0 Å². The highest BCUT2D eigenvalue weighted by atomic mass is 16.5. The first-order chi connectivity index (χ1) is 10.6. The summed E-state index contributed by atoms with van der Waals surface area (Å²) in [4.78, 5) is 0. The fourth-order valence-electron chi connectivity index (χ4n) is 5.90. The van der Waals surface area contributed by atoms with Gasteiger partial charge >= 0.3 is 0 Å². The Morgan fingerprint density at radius 3 is 2.82 bits per heavy atom. The van der Waals surface area contributed by atoms with Crippen molar-refractivity contribution in [1.29, 1.82) is 5.26 Å². The molecule has 0 heterocycles. The Balaban J connectivity index is 1.82. The molecule has 2 fully saturated rings. The van der Waals surface area contributed by atoms with Crippen molar-refractivity contribution in [3.05, 3.63) is 29.3 Å². The largest absolute Gasteiger partial charge is 0.497 e. The van der Waals surface area contributed by atoms with Gasteiger partial charge in [-0.05, 0) is 79.0 Å². The van der Waals surface area contributed by atoms with Crippen molar-refractivity contribution in [3.8, 4) is 11.8 Å². The second-order valence-corrected chi connectivity index (χ2v) is 7.90. The Morgan fingerprint density at radius 2 is 2.05 bits per heavy atom. The van der Waals surface area contributed by atoms with Gasteiger partial charge in [0.1, 0.15) is 5.75 Å². The molecule has 2 nitrogen and oxygen atoms in total. The van der Waals surface area contributed by atoms with E-state index in [1.54, 1.807) is 7.11 Å². The standard InChI is InChI=1S/C20H25NO/c1-19-9-3-4-17(19)18-7-5-14-12-15(22-2)6-8-16(14)20(18,13-21)11-10-19/h6,8,12,17-18H,3-5,7,9-11H2,1-2H3/t17-,18-,19-,20-/m0/s1. The fraction of sp³-hybridized carbons (Fsp3) is 0.650. The molecule has 0 saturated heterocycles. The van der Waals surface area contributed by atoms with E-state index in [4.69, 9.17) is 4.74 Å². The minimum Gasteiger partial charge on any atom is -0.497 e. The van der Waals surface area contributed by atoms with Crippen molar-refractivity contribution in [2.24, 2.45) is 17.3 Å². The molecule has 116 valence electrons. The van der Waals surface area contributed by atoms with Gasteiger partial charge in [0.05, 0.1) is 18.6 Å². The number of fused-ring (bicyclic) bond motifs is 5. The van der Waals surface area contributed by atoms with Crippen LogP contribution in [-0.4, -0.2) is 7.11 Å². The van der Waals surface area contributed by atoms with Gasteiger partial charge in [-0.25, -0.2) is 0 Å². The highest BCUT2D eigenvalue weighted by Crippen LogP contribution is 2.63. The molecule has 0 amide bonds. The van der Waals surface area contributed by atoms with Gasteiger partial charge in [0.15, 0.2) is 0 Å². The third kappa shape index (κ3) is 1.72. The number of nitriles is 1. The van der Waals surface area contributed by atoms with E-state index in [1.807, 2.05) is 6.07 Å². The monoisotopic (exact) mass is 295 g/mol. The number of methoxy groups -OCH3 is 1. The summed E-state index contributed by atoms with van der Waals surface area (Å²) in [5, 5.41) is 10.2. The van der Waals surface area contributed by atoms with Crippen molar-refractivity contribution >= 4 is 0 Å². The van der Waals surface area contributed by atoms with E-state index in [2.05, 4.69) is 25.1 Å². The van der Waals surface area contributed by atoms with Crippen LogP contribution in [0.15, 0.2) is 18.2 Å². The average Bonchev–Trinajstić information content (AvgIpc) is 2.95. The molecule has 1 aromatic carbocycles. The lowest BCUT2D eigenvalue weighted by molar-refractivity contribution is 0.0309. The Labute approximate surface area is 133 Å². The number of hydrogen-bond donors (Lipinski definition) is 0. The van der Waals surface area contributed by atoms with Gasteiger partial charge in [-0.1, -0.05) is 19.4 Å². The summed E-state index contributed by atoms with van der Waals surface area (Å²) in [5.41, 5.74) is 2.91. The van der Waals surface area contributed by atoms with Crippen molar-refractivity contribution in [3.63, 3.8) is 0 Å². The number of rotatable bonds is 1. The molecule has 0 aromatic heterocycles. The summed E-state index contributed by atoms with van der Waals surface area (Å²) in [6.07, 6.45) is 8.59. The number of ether oxygens (including phenoxy) is 1. The Bertz CT molecular complexity index is 646. The van der Waals surface area contributed by atoms with E-state index >= 15 is 0 Å². The molecular formula is C20H25NO. The van der Waals surface area contributed by atoms with Gasteiger partial charge in [-0.3, -0.25) is 0 Å². The lowest BCUT2D eigenvalue weighted by Gasteiger charge is -2.53. The normalized spacial score (nSPS) is 39.3. The summed E-state index contributed by atoms with van der Waals surface area (Å²) in [7, 11) is 1.72. The van der Waals surface area contributed by atoms with Crippen LogP contribution in [0.25, 0.3) is 0 Å². The van der Waals surface area contributed by atoms with Crippen LogP contribution in [0.3, 0.4) is 0 Å². The topological polar surface area (TPSA) is 33.0 Å². The zero-order valence-corrected chi connectivity index (χ0v) is 13.7. The van der Waals surface area contributed by atoms with Crippen LogP contribution in [0.2, 0.25) is 0 Å². The first-order valence-corrected chi connectivity index (χ1v) is 8.72. The maximum Gasteiger partial charge on any atom is 0.119 e. The summed E-state index contributed by atoms with van der Waals surface area (Å²) >= 11 is 0. The molecule has 0 unspecified atom stereocenters. The molecule has 0 aliphatic heterocycles. The van der Waals surface area contributed by atoms with Crippen LogP contribution >= 0.6 is 0 Å². The van der Waals surface area contributed by atoms with E-state index in [-0.39, 0.29) is 5.41 Å². The molecule has 0 bridgehead atoms. The summed E-state index contributed by atoms with van der Waals surface area (Å²) in [5.74, 6) is 2.22. The van der Waals surface area contributed by atoms with Gasteiger partial charge in [-0.15, -0.1) is 0 Å². The summed E-state index contributed by atoms with van der Waals surface area (Å²) in [6, 6.07) is 9.19. The predicted octanol–water partition coefficient (Wildman–Crippen LogP) is 4.62. The summed E-state index contributed by atoms with van der Waals surface area (Å²) < 4.78 is 5.39. The maximum absolute atomic E-state index is 10.2. The highest BCUT2D eigenvalue weighted by molar-refractivity contribution is 5.47. The molecule has 3 aliphatic rings. The van der Waals surface area contributed by atoms with Gasteiger partial charge in [0.2, 0.25) is 0 Å². The number of aryl methyl sites for hydroxylation is 1. The molecule has 4 rings (SSSR count). The van der Waals surface area contributed by atoms with Gasteiger partial charge in [0, 0.05) is 0 Å². The number of nitrogens with zero attached hydrogens (tertiary/aromatic N) is 1. The molecular weight excluding hydrogens is 270 g/mol. The van der Waals surface area contributed by atoms with Crippen LogP contribution in [0.1, 0.15) is 56.6 Å². The zero-order valence-electron chi connectivity index (χ0n) is 13.7. The van der Waals surface area contributed by atoms with Crippen LogP contribution in [0.4, 0.5) is 0 Å². The van der Waals surface area contributed by atoms with Crippen LogP contribution in [-0.2, 0) is 11.8 Å². The third-order valence-corrected chi connectivity index (χ3v) is 7.08. The van der Waals surface area contributed by atoms with Crippen LogP contribution in [0.5, 0.6) is 5.75 Å².